The van der Waals surface area contributed by atoms with E-state index in [9.17, 15) is 4.79 Å². The fraction of sp³-hybridized carbons (Fsp3) is 0.333. The number of furan rings is 1. The Morgan fingerprint density at radius 2 is 2.22 bits per heavy atom. The molecule has 0 saturated carbocycles. The minimum atomic E-state index is -0.437. The van der Waals surface area contributed by atoms with Crippen LogP contribution in [0.3, 0.4) is 0 Å². The summed E-state index contributed by atoms with van der Waals surface area (Å²) in [5, 5.41) is 4.42. The van der Waals surface area contributed by atoms with Gasteiger partial charge in [-0.1, -0.05) is 0 Å². The number of carbonyl (C=O) groups is 1. The summed E-state index contributed by atoms with van der Waals surface area (Å²) >= 11 is 0. The Morgan fingerprint density at radius 3 is 2.78 bits per heavy atom. The molecular weight excluding hydrogens is 232 g/mol. The highest BCUT2D eigenvalue weighted by molar-refractivity contribution is 5.92. The quantitative estimate of drug-likeness (QED) is 0.483. The van der Waals surface area contributed by atoms with Crippen LogP contribution in [0.15, 0.2) is 16.7 Å². The van der Waals surface area contributed by atoms with E-state index >= 15 is 0 Å². The molecule has 2 rings (SSSR count). The fourth-order valence-corrected chi connectivity index (χ4v) is 1.83. The van der Waals surface area contributed by atoms with Gasteiger partial charge >= 0.3 is 5.91 Å². The summed E-state index contributed by atoms with van der Waals surface area (Å²) < 4.78 is 6.98. The number of nitrogen functional groups attached to an aromatic ring is 1. The van der Waals surface area contributed by atoms with Crippen LogP contribution in [0.1, 0.15) is 33.1 Å². The number of hydrogen-bond acceptors (Lipinski definition) is 4. The van der Waals surface area contributed by atoms with E-state index in [0.717, 1.165) is 22.5 Å². The lowest BCUT2D eigenvalue weighted by molar-refractivity contribution is 0.0924. The zero-order valence-corrected chi connectivity index (χ0v) is 10.7. The number of hydrogen-bond donors (Lipinski definition) is 2. The van der Waals surface area contributed by atoms with Crippen molar-refractivity contribution in [1.29, 1.82) is 0 Å². The highest BCUT2D eigenvalue weighted by atomic mass is 16.3. The molecule has 1 amide bonds. The number of nitrogens with zero attached hydrogens (tertiary/aromatic N) is 2. The molecule has 0 aliphatic rings. The molecule has 0 aromatic carbocycles. The predicted octanol–water partition coefficient (Wildman–Crippen LogP) is 1.05. The Morgan fingerprint density at radius 1 is 1.50 bits per heavy atom. The number of amides is 1. The number of aromatic nitrogens is 2. The lowest BCUT2D eigenvalue weighted by Crippen LogP contribution is -2.30. The van der Waals surface area contributed by atoms with Gasteiger partial charge in [0.15, 0.2) is 5.76 Å². The summed E-state index contributed by atoms with van der Waals surface area (Å²) in [6.07, 6.45) is 1.47. The van der Waals surface area contributed by atoms with Gasteiger partial charge in [0.05, 0.1) is 18.5 Å². The molecule has 0 aliphatic carbocycles. The van der Waals surface area contributed by atoms with Gasteiger partial charge in [-0.2, -0.15) is 5.10 Å². The normalized spacial score (nSPS) is 10.7. The van der Waals surface area contributed by atoms with Crippen molar-refractivity contribution in [1.82, 2.24) is 15.2 Å². The summed E-state index contributed by atoms with van der Waals surface area (Å²) in [5.41, 5.74) is 6.04. The number of carbonyl (C=O) groups excluding carboxylic acids is 1. The third kappa shape index (κ3) is 2.02. The van der Waals surface area contributed by atoms with Gasteiger partial charge in [0.1, 0.15) is 0 Å². The molecule has 0 unspecified atom stereocenters. The van der Waals surface area contributed by atoms with E-state index in [1.807, 2.05) is 25.5 Å². The fourth-order valence-electron chi connectivity index (χ4n) is 1.83. The molecule has 0 fully saturated rings. The topological polar surface area (TPSA) is 86.1 Å². The van der Waals surface area contributed by atoms with E-state index in [1.54, 1.807) is 6.07 Å². The van der Waals surface area contributed by atoms with Crippen LogP contribution < -0.4 is 11.3 Å². The van der Waals surface area contributed by atoms with E-state index in [-0.39, 0.29) is 5.76 Å². The molecule has 0 aliphatic heterocycles. The molecule has 0 radical (unpaired) electrons. The van der Waals surface area contributed by atoms with Gasteiger partial charge in [0, 0.05) is 11.3 Å². The lowest BCUT2D eigenvalue weighted by atomic mass is 10.2. The van der Waals surface area contributed by atoms with E-state index in [0.29, 0.717) is 6.54 Å². The maximum Gasteiger partial charge on any atom is 0.301 e. The average Bonchev–Trinajstić information content (AvgIpc) is 2.91. The molecule has 6 nitrogen and oxygen atoms in total. The van der Waals surface area contributed by atoms with Crippen molar-refractivity contribution in [3.63, 3.8) is 0 Å². The second-order valence-corrected chi connectivity index (χ2v) is 4.20. The van der Waals surface area contributed by atoms with Crippen LogP contribution in [0.5, 0.6) is 0 Å². The van der Waals surface area contributed by atoms with Crippen molar-refractivity contribution >= 4 is 5.91 Å². The highest BCUT2D eigenvalue weighted by Crippen LogP contribution is 2.16. The van der Waals surface area contributed by atoms with Gasteiger partial charge in [-0.3, -0.25) is 14.9 Å². The van der Waals surface area contributed by atoms with Crippen molar-refractivity contribution in [2.24, 2.45) is 5.84 Å². The highest BCUT2D eigenvalue weighted by Gasteiger charge is 2.16. The van der Waals surface area contributed by atoms with Gasteiger partial charge in [0.25, 0.3) is 0 Å². The Balaban J connectivity index is 2.32. The van der Waals surface area contributed by atoms with Crippen molar-refractivity contribution in [2.75, 3.05) is 0 Å². The molecule has 0 atom stereocenters. The third-order valence-corrected chi connectivity index (χ3v) is 3.15. The minimum absolute atomic E-state index is 0.225. The van der Waals surface area contributed by atoms with Crippen LogP contribution in [-0.4, -0.2) is 15.7 Å². The summed E-state index contributed by atoms with van der Waals surface area (Å²) in [4.78, 5) is 11.5. The molecule has 0 spiro atoms. The van der Waals surface area contributed by atoms with Crippen LogP contribution in [0.2, 0.25) is 0 Å². The smallest absolute Gasteiger partial charge is 0.301 e. The zero-order chi connectivity index (χ0) is 13.3. The number of nitrogens with one attached hydrogen (secondary N) is 1. The van der Waals surface area contributed by atoms with Gasteiger partial charge in [-0.25, -0.2) is 5.84 Å². The Hall–Kier alpha value is -2.08. The maximum absolute atomic E-state index is 11.5. The van der Waals surface area contributed by atoms with Crippen LogP contribution in [-0.2, 0) is 6.54 Å². The molecule has 18 heavy (non-hydrogen) atoms. The maximum atomic E-state index is 11.5. The zero-order valence-electron chi connectivity index (χ0n) is 10.7. The van der Waals surface area contributed by atoms with Crippen molar-refractivity contribution in [2.45, 2.75) is 27.3 Å². The Kier molecular flexibility index (Phi) is 3.20. The SMILES string of the molecule is Cc1nn(Cc2ccoc2C(=O)NN)c(C)c1C. The van der Waals surface area contributed by atoms with E-state index < -0.39 is 5.91 Å². The number of nitrogens with two attached hydrogens (primary N) is 1. The molecule has 0 saturated heterocycles. The van der Waals surface area contributed by atoms with Crippen LogP contribution in [0, 0.1) is 20.8 Å². The van der Waals surface area contributed by atoms with E-state index in [1.165, 1.54) is 6.26 Å². The second kappa shape index (κ2) is 4.66. The molecule has 3 N–H and O–H groups in total. The van der Waals surface area contributed by atoms with E-state index in [4.69, 9.17) is 10.3 Å². The van der Waals surface area contributed by atoms with Crippen LogP contribution in [0.25, 0.3) is 0 Å². The van der Waals surface area contributed by atoms with Crippen molar-refractivity contribution in [3.05, 3.63) is 40.6 Å². The number of hydrazine groups is 1. The van der Waals surface area contributed by atoms with Gasteiger partial charge < -0.3 is 4.42 Å². The number of aryl methyl sites for hydroxylation is 1. The summed E-state index contributed by atoms with van der Waals surface area (Å²) in [6.45, 7) is 6.47. The first-order valence-corrected chi connectivity index (χ1v) is 5.62. The standard InChI is InChI=1S/C12H16N4O2/c1-7-8(2)15-16(9(7)3)6-10-4-5-18-11(10)12(17)14-13/h4-5H,6,13H2,1-3H3,(H,14,17). The third-order valence-electron chi connectivity index (χ3n) is 3.15. The van der Waals surface area contributed by atoms with Crippen molar-refractivity contribution < 1.29 is 9.21 Å². The number of rotatable bonds is 3. The second-order valence-electron chi connectivity index (χ2n) is 4.20. The Labute approximate surface area is 105 Å². The molecule has 96 valence electrons. The molecule has 2 aromatic rings. The van der Waals surface area contributed by atoms with Crippen LogP contribution in [0.4, 0.5) is 0 Å². The van der Waals surface area contributed by atoms with Crippen molar-refractivity contribution in [3.8, 4) is 0 Å². The lowest BCUT2D eigenvalue weighted by Gasteiger charge is -2.04. The molecule has 2 aromatic heterocycles. The summed E-state index contributed by atoms with van der Waals surface area (Å²) in [7, 11) is 0. The van der Waals surface area contributed by atoms with Gasteiger partial charge in [0.2, 0.25) is 0 Å². The molecule has 0 bridgehead atoms. The summed E-state index contributed by atoms with van der Waals surface area (Å²) in [6, 6.07) is 1.75. The molecule has 2 heterocycles. The van der Waals surface area contributed by atoms with E-state index in [2.05, 4.69) is 10.5 Å². The van der Waals surface area contributed by atoms with Gasteiger partial charge in [-0.15, -0.1) is 0 Å². The largest absolute Gasteiger partial charge is 0.459 e. The Bertz CT molecular complexity index is 583. The predicted molar refractivity (Wildman–Crippen MR) is 65.9 cm³/mol. The molecule has 6 heteroatoms. The van der Waals surface area contributed by atoms with Gasteiger partial charge in [-0.05, 0) is 32.4 Å². The first-order chi connectivity index (χ1) is 8.54. The average molecular weight is 248 g/mol. The van der Waals surface area contributed by atoms with Crippen LogP contribution >= 0.6 is 0 Å². The summed E-state index contributed by atoms with van der Waals surface area (Å²) in [5.74, 6) is 4.89. The monoisotopic (exact) mass is 248 g/mol. The first kappa shape index (κ1) is 12.4. The molecular formula is C12H16N4O2. The first-order valence-electron chi connectivity index (χ1n) is 5.62. The minimum Gasteiger partial charge on any atom is -0.459 e.